The van der Waals surface area contributed by atoms with Crippen molar-refractivity contribution < 1.29 is 19.2 Å². The van der Waals surface area contributed by atoms with Gasteiger partial charge in [0, 0.05) is 60.2 Å². The van der Waals surface area contributed by atoms with E-state index in [4.69, 9.17) is 5.73 Å². The zero-order valence-electron chi connectivity index (χ0n) is 27.9. The lowest BCUT2D eigenvalue weighted by Gasteiger charge is -2.39. The van der Waals surface area contributed by atoms with Crippen LogP contribution in [-0.4, -0.2) is 78.8 Å². The van der Waals surface area contributed by atoms with Gasteiger partial charge in [-0.3, -0.25) is 14.4 Å². The molecule has 0 saturated carbocycles. The maximum atomic E-state index is 13.6. The number of anilines is 3. The second kappa shape index (κ2) is 13.1. The second-order valence-corrected chi connectivity index (χ2v) is 13.1. The number of aryl methyl sites for hydroxylation is 1. The highest BCUT2D eigenvalue weighted by molar-refractivity contribution is 6.23. The Hall–Kier alpha value is -5.33. The normalized spacial score (nSPS) is 17.6. The molecule has 250 valence electrons. The van der Waals surface area contributed by atoms with Crippen molar-refractivity contribution in [2.75, 3.05) is 35.6 Å². The van der Waals surface area contributed by atoms with E-state index in [1.807, 2.05) is 49.2 Å². The zero-order chi connectivity index (χ0) is 34.3. The smallest absolute Gasteiger partial charge is 0.332 e. The number of amides is 5. The first-order chi connectivity index (χ1) is 22.9. The van der Waals surface area contributed by atoms with E-state index < -0.39 is 23.8 Å². The molecule has 13 nitrogen and oxygen atoms in total. The van der Waals surface area contributed by atoms with Crippen molar-refractivity contribution in [3.63, 3.8) is 0 Å². The number of hydrogen-bond acceptors (Lipinski definition) is 8. The molecule has 0 radical (unpaired) electrons. The van der Waals surface area contributed by atoms with Crippen molar-refractivity contribution >= 4 is 46.6 Å². The van der Waals surface area contributed by atoms with Crippen LogP contribution >= 0.6 is 0 Å². The van der Waals surface area contributed by atoms with Crippen LogP contribution in [0.1, 0.15) is 57.8 Å². The molecule has 2 fully saturated rings. The third-order valence-corrected chi connectivity index (χ3v) is 9.17. The molecule has 6 rings (SSSR count). The van der Waals surface area contributed by atoms with Crippen LogP contribution in [0.15, 0.2) is 54.9 Å². The van der Waals surface area contributed by atoms with Gasteiger partial charge in [-0.15, -0.1) is 0 Å². The van der Waals surface area contributed by atoms with Gasteiger partial charge in [0.15, 0.2) is 5.82 Å². The summed E-state index contributed by atoms with van der Waals surface area (Å²) in [7, 11) is 0. The SMILES string of the molecule is Cc1cccc(N2C(=O)C(C(=O)Nc3ccc(-c4cc(C5CCN(C(=O)C(C)C)CC5)n5ncnc(N)c45)cc3)CN(C(C)C)C2=O)n1. The molecule has 1 aromatic carbocycles. The lowest BCUT2D eigenvalue weighted by Crippen LogP contribution is -2.61. The number of nitrogens with zero attached hydrogens (tertiary/aromatic N) is 7. The Kier molecular flexibility index (Phi) is 8.87. The molecule has 0 aliphatic carbocycles. The van der Waals surface area contributed by atoms with Gasteiger partial charge in [0.05, 0.1) is 0 Å². The molecule has 5 heterocycles. The number of fused-ring (bicyclic) bond motifs is 1. The molecule has 13 heteroatoms. The molecule has 2 saturated heterocycles. The molecule has 0 bridgehead atoms. The Bertz CT molecular complexity index is 1880. The number of carbonyl (C=O) groups excluding carboxylic acids is 4. The average Bonchev–Trinajstić information content (AvgIpc) is 3.46. The van der Waals surface area contributed by atoms with E-state index in [1.54, 1.807) is 37.3 Å². The minimum Gasteiger partial charge on any atom is -0.382 e. The van der Waals surface area contributed by atoms with Crippen molar-refractivity contribution in [1.29, 1.82) is 0 Å². The van der Waals surface area contributed by atoms with Crippen molar-refractivity contribution in [3.05, 3.63) is 66.2 Å². The number of hydrogen-bond donors (Lipinski definition) is 2. The topological polar surface area (TPSA) is 159 Å². The molecule has 2 aliphatic heterocycles. The highest BCUT2D eigenvalue weighted by Gasteiger charge is 2.45. The van der Waals surface area contributed by atoms with Gasteiger partial charge in [-0.05, 0) is 69.5 Å². The Morgan fingerprint density at radius 1 is 1.00 bits per heavy atom. The third kappa shape index (κ3) is 6.07. The highest BCUT2D eigenvalue weighted by Crippen LogP contribution is 2.37. The average molecular weight is 652 g/mol. The number of nitrogens with two attached hydrogens (primary N) is 1. The van der Waals surface area contributed by atoms with E-state index in [-0.39, 0.29) is 36.1 Å². The van der Waals surface area contributed by atoms with E-state index in [9.17, 15) is 19.2 Å². The van der Waals surface area contributed by atoms with Gasteiger partial charge in [-0.1, -0.05) is 32.0 Å². The number of imide groups is 1. The number of urea groups is 1. The summed E-state index contributed by atoms with van der Waals surface area (Å²) in [6.45, 7) is 10.6. The molecule has 1 atom stereocenters. The monoisotopic (exact) mass is 651 g/mol. The van der Waals surface area contributed by atoms with Gasteiger partial charge in [0.1, 0.15) is 23.6 Å². The summed E-state index contributed by atoms with van der Waals surface area (Å²) < 4.78 is 1.85. The van der Waals surface area contributed by atoms with E-state index in [0.717, 1.165) is 34.6 Å². The molecule has 5 amide bonds. The third-order valence-electron chi connectivity index (χ3n) is 9.17. The summed E-state index contributed by atoms with van der Waals surface area (Å²) in [6, 6.07) is 13.7. The summed E-state index contributed by atoms with van der Waals surface area (Å²) in [4.78, 5) is 66.1. The number of nitrogens with one attached hydrogen (secondary N) is 1. The van der Waals surface area contributed by atoms with E-state index in [0.29, 0.717) is 35.8 Å². The lowest BCUT2D eigenvalue weighted by atomic mass is 9.92. The van der Waals surface area contributed by atoms with Gasteiger partial charge in [0.2, 0.25) is 11.8 Å². The number of likely N-dealkylation sites (tertiary alicyclic amines) is 1. The van der Waals surface area contributed by atoms with Gasteiger partial charge < -0.3 is 20.9 Å². The first kappa shape index (κ1) is 32.6. The van der Waals surface area contributed by atoms with E-state index >= 15 is 0 Å². The number of rotatable bonds is 7. The Morgan fingerprint density at radius 2 is 1.71 bits per heavy atom. The van der Waals surface area contributed by atoms with Crippen molar-refractivity contribution in [3.8, 4) is 11.1 Å². The molecular weight excluding hydrogens is 610 g/mol. The molecule has 1 unspecified atom stereocenters. The molecular formula is C35H41N9O4. The molecule has 3 aromatic heterocycles. The van der Waals surface area contributed by atoms with Crippen LogP contribution in [0.4, 0.5) is 22.1 Å². The summed E-state index contributed by atoms with van der Waals surface area (Å²) in [5.74, 6) is -1.38. The number of aromatic nitrogens is 4. The van der Waals surface area contributed by atoms with Crippen LogP contribution in [0.25, 0.3) is 16.6 Å². The number of benzene rings is 1. The van der Waals surface area contributed by atoms with Crippen LogP contribution in [-0.2, 0) is 14.4 Å². The number of nitrogen functional groups attached to an aromatic ring is 1. The summed E-state index contributed by atoms with van der Waals surface area (Å²) in [6.07, 6.45) is 3.08. The van der Waals surface area contributed by atoms with Crippen molar-refractivity contribution in [2.45, 2.75) is 59.4 Å². The summed E-state index contributed by atoms with van der Waals surface area (Å²) >= 11 is 0. The first-order valence-corrected chi connectivity index (χ1v) is 16.3. The van der Waals surface area contributed by atoms with Crippen molar-refractivity contribution in [1.82, 2.24) is 29.4 Å². The van der Waals surface area contributed by atoms with Gasteiger partial charge in [-0.2, -0.15) is 5.10 Å². The fourth-order valence-electron chi connectivity index (χ4n) is 6.55. The standard InChI is InChI=1S/C35H41N9O4/c1-20(2)33(46)41-15-13-24(14-16-41)28-17-26(30-31(36)37-19-38-44(28)30)23-9-11-25(12-10-23)40-32(45)27-18-42(21(3)4)35(48)43(34(27)47)29-8-6-7-22(5)39-29/h6-12,17,19-21,24,27H,13-16,18H2,1-5H3,(H,40,45)(H2,36,37,38). The van der Waals surface area contributed by atoms with Crippen molar-refractivity contribution in [2.24, 2.45) is 11.8 Å². The fourth-order valence-corrected chi connectivity index (χ4v) is 6.55. The van der Waals surface area contributed by atoms with Crippen LogP contribution in [0.5, 0.6) is 0 Å². The molecule has 3 N–H and O–H groups in total. The van der Waals surface area contributed by atoms with Gasteiger partial charge in [-0.25, -0.2) is 24.2 Å². The minimum absolute atomic E-state index is 0.0322. The van der Waals surface area contributed by atoms with E-state index in [1.165, 1.54) is 11.2 Å². The van der Waals surface area contributed by atoms with Crippen LogP contribution in [0.2, 0.25) is 0 Å². The van der Waals surface area contributed by atoms with Gasteiger partial charge >= 0.3 is 6.03 Å². The molecule has 4 aromatic rings. The number of piperidine rings is 1. The number of carbonyl (C=O) groups is 4. The van der Waals surface area contributed by atoms with Crippen LogP contribution in [0.3, 0.4) is 0 Å². The second-order valence-electron chi connectivity index (χ2n) is 13.1. The minimum atomic E-state index is -1.12. The molecule has 2 aliphatic rings. The predicted octanol–water partition coefficient (Wildman–Crippen LogP) is 4.48. The Labute approximate surface area is 279 Å². The first-order valence-electron chi connectivity index (χ1n) is 16.3. The fraction of sp³-hybridized carbons (Fsp3) is 0.400. The maximum absolute atomic E-state index is 13.6. The van der Waals surface area contributed by atoms with E-state index in [2.05, 4.69) is 26.4 Å². The molecule has 0 spiro atoms. The zero-order valence-corrected chi connectivity index (χ0v) is 27.9. The van der Waals surface area contributed by atoms with Crippen LogP contribution in [0, 0.1) is 18.8 Å². The maximum Gasteiger partial charge on any atom is 0.332 e. The quantitative estimate of drug-likeness (QED) is 0.277. The van der Waals surface area contributed by atoms with Gasteiger partial charge in [0.25, 0.3) is 5.91 Å². The summed E-state index contributed by atoms with van der Waals surface area (Å²) in [5, 5.41) is 7.41. The predicted molar refractivity (Wildman–Crippen MR) is 182 cm³/mol. The highest BCUT2D eigenvalue weighted by atomic mass is 16.2. The number of pyridine rings is 1. The molecule has 48 heavy (non-hydrogen) atoms. The Balaban J connectivity index is 1.23. The lowest BCUT2D eigenvalue weighted by molar-refractivity contribution is -0.135. The summed E-state index contributed by atoms with van der Waals surface area (Å²) in [5.41, 5.74) is 10.9. The van der Waals surface area contributed by atoms with Crippen LogP contribution < -0.4 is 16.0 Å². The Morgan fingerprint density at radius 3 is 2.35 bits per heavy atom. The largest absolute Gasteiger partial charge is 0.382 e.